The normalized spacial score (nSPS) is 38.0. The fourth-order valence-corrected chi connectivity index (χ4v) is 36.6. The van der Waals surface area contributed by atoms with E-state index in [9.17, 15) is 0 Å². The highest BCUT2D eigenvalue weighted by Crippen LogP contribution is 2.65. The molecule has 21 atom stereocenters. The second-order valence-corrected chi connectivity index (χ2v) is 48.5. The molecule has 13 nitrogen and oxygen atoms in total. The molecule has 13 heteroatoms. The van der Waals surface area contributed by atoms with Crippen LogP contribution in [0, 0.1) is 41.4 Å². The smallest absolute Gasteiger partial charge is 0.119 e. The van der Waals surface area contributed by atoms with Crippen molar-refractivity contribution in [2.75, 3.05) is 137 Å². The Morgan fingerprint density at radius 1 is 0.257 bits per heavy atom. The summed E-state index contributed by atoms with van der Waals surface area (Å²) in [4.78, 5) is 16.7. The summed E-state index contributed by atoms with van der Waals surface area (Å²) in [7, 11) is 8.86. The van der Waals surface area contributed by atoms with Crippen LogP contribution in [0.5, 0.6) is 34.5 Å². The van der Waals surface area contributed by atoms with Gasteiger partial charge in [-0.1, -0.05) is 151 Å². The molecule has 140 heavy (non-hydrogen) atoms. The van der Waals surface area contributed by atoms with Crippen LogP contribution < -0.4 is 28.4 Å². The van der Waals surface area contributed by atoms with Gasteiger partial charge < -0.3 is 62.7 Å². The lowest BCUT2D eigenvalue weighted by atomic mass is 9.52. The first-order valence-electron chi connectivity index (χ1n) is 64.2. The molecule has 0 amide bonds. The first kappa shape index (κ1) is 81.2. The molecular weight excluding hydrogens is 1720 g/mol. The third-order valence-corrected chi connectivity index (χ3v) is 43.4. The maximum absolute atomic E-state index is 7.94. The molecule has 7 saturated heterocycles. The molecule has 7 heterocycles. The molecule has 7 unspecified atom stereocenters. The van der Waals surface area contributed by atoms with E-state index in [2.05, 4.69) is 149 Å². The van der Waals surface area contributed by atoms with E-state index in [-0.39, 0.29) is 27.7 Å². The number of fused-ring (bicyclic) bond motifs is 7. The third-order valence-electron chi connectivity index (χ3n) is 43.4. The number of aryl methyl sites for hydroxylation is 1. The van der Waals surface area contributed by atoms with Crippen LogP contribution in [0.3, 0.4) is 0 Å². The topological polar surface area (TPSA) is 78.1 Å². The molecule has 0 aromatic heterocycles. The fourth-order valence-electron chi connectivity index (χ4n) is 36.6. The summed E-state index contributed by atoms with van der Waals surface area (Å²) in [5.74, 6) is 9.53. The van der Waals surface area contributed by atoms with Gasteiger partial charge in [-0.3, -0.25) is 0 Å². The van der Waals surface area contributed by atoms with E-state index in [1.807, 2.05) is 41.3 Å². The molecule has 7 aliphatic heterocycles. The van der Waals surface area contributed by atoms with E-state index in [0.717, 1.165) is 131 Å². The Morgan fingerprint density at radius 3 is 0.750 bits per heavy atom. The molecule has 14 aliphatic carbocycles. The number of ether oxygens (including phenoxy) is 6. The minimum Gasteiger partial charge on any atom is -0.497 e. The summed E-state index contributed by atoms with van der Waals surface area (Å²) in [6.07, 6.45) is 53.5. The molecule has 28 rings (SSSR count). The summed E-state index contributed by atoms with van der Waals surface area (Å²) in [6, 6.07) is 49.0. The zero-order chi connectivity index (χ0) is 108. The Labute approximate surface area is 866 Å². The van der Waals surface area contributed by atoms with Crippen molar-refractivity contribution in [1.82, 2.24) is 34.3 Å². The molecule has 14 fully saturated rings. The van der Waals surface area contributed by atoms with Crippen molar-refractivity contribution in [2.24, 2.45) is 41.4 Å². The lowest BCUT2D eigenvalue weighted by Crippen LogP contribution is -2.59. The van der Waals surface area contributed by atoms with Gasteiger partial charge >= 0.3 is 0 Å². The minimum atomic E-state index is -2.37. The Bertz CT molecular complexity index is 6000. The number of piperidine rings is 7. The van der Waals surface area contributed by atoms with Crippen LogP contribution in [-0.4, -0.2) is 214 Å². The van der Waals surface area contributed by atoms with Gasteiger partial charge in [-0.2, -0.15) is 0 Å². The second kappa shape index (κ2) is 40.0. The van der Waals surface area contributed by atoms with Crippen LogP contribution in [0.15, 0.2) is 127 Å². The highest BCUT2D eigenvalue weighted by molar-refractivity contribution is 5.53. The summed E-state index contributed by atoms with van der Waals surface area (Å²) >= 11 is 0. The number of nitrogens with zero attached hydrogens (tertiary/aromatic N) is 7. The fraction of sp³-hybridized carbons (Fsp3) is 0.669. The van der Waals surface area contributed by atoms with Crippen LogP contribution in [0.2, 0.25) is 0 Å². The monoisotopic (exact) mass is 1910 g/mol. The highest BCUT2D eigenvalue weighted by Gasteiger charge is 2.61. The quantitative estimate of drug-likeness (QED) is 0.152. The standard InChI is InChI=1S/C19H27N.6C18H25NO/c1-3-14-7-8-15-13-18-16-6-4-5-9-19(16,17(15)12-14)10-11-20(18)2;6*1-19-10-9-18-8-4-3-5-15(18)17(19)11-13-6-7-14(20-2)12-16(13)18/h7-8,12,16,18H,3-6,9-11,13H2,1-2H3;6*6-7,12,15,17H,3-5,8-11H2,1-2H3/t16?,18-,19-;6*15?,17-,18-/m0000000/s1/i1D;2*2D3;2D2;1D3;1D2;1D. The van der Waals surface area contributed by atoms with Crippen molar-refractivity contribution in [3.63, 3.8) is 0 Å². The Balaban J connectivity index is 0.000000101. The number of hydrogen-bond donors (Lipinski definition) is 0. The van der Waals surface area contributed by atoms with E-state index in [0.29, 0.717) is 108 Å². The van der Waals surface area contributed by atoms with Gasteiger partial charge in [0.25, 0.3) is 0 Å². The first-order chi connectivity index (χ1) is 74.5. The summed E-state index contributed by atoms with van der Waals surface area (Å²) in [5.41, 5.74) is 24.1. The van der Waals surface area contributed by atoms with E-state index >= 15 is 0 Å². The van der Waals surface area contributed by atoms with Crippen LogP contribution in [0.4, 0.5) is 0 Å². The van der Waals surface area contributed by atoms with E-state index in [1.54, 1.807) is 38.0 Å². The Kier molecular flexibility index (Phi) is 23.2. The van der Waals surface area contributed by atoms with Gasteiger partial charge in [-0.25, -0.2) is 0 Å². The predicted octanol–water partition coefficient (Wildman–Crippen LogP) is 24.2. The maximum Gasteiger partial charge on any atom is 0.119 e. The Morgan fingerprint density at radius 2 is 0.493 bits per heavy atom. The van der Waals surface area contributed by atoms with E-state index < -0.39 is 35.1 Å². The maximum atomic E-state index is 7.94. The number of methoxy groups -OCH3 is 6. The van der Waals surface area contributed by atoms with E-state index in [4.69, 9.17) is 49.0 Å². The average Bonchev–Trinajstić information content (AvgIpc) is 0.731. The lowest BCUT2D eigenvalue weighted by Gasteiger charge is -2.58. The van der Waals surface area contributed by atoms with Crippen molar-refractivity contribution >= 4 is 0 Å². The van der Waals surface area contributed by atoms with Gasteiger partial charge in [0.05, 0.1) is 53.4 Å². The van der Waals surface area contributed by atoms with Gasteiger partial charge in [0.2, 0.25) is 0 Å². The molecular formula is C127H177N7O6. The molecule has 0 radical (unpaired) electrons. The van der Waals surface area contributed by atoms with Gasteiger partial charge in [0, 0.05) is 89.8 Å². The molecule has 21 aliphatic rings. The van der Waals surface area contributed by atoms with Crippen LogP contribution in [0.1, 0.15) is 336 Å². The Hall–Kier alpha value is -6.94. The zero-order valence-corrected chi connectivity index (χ0v) is 86.2. The molecule has 7 saturated carbocycles. The number of hydrogen-bond acceptors (Lipinski definition) is 13. The molecule has 7 aromatic carbocycles. The molecule has 756 valence electrons. The largest absolute Gasteiger partial charge is 0.497 e. The van der Waals surface area contributed by atoms with Crippen molar-refractivity contribution in [3.8, 4) is 34.5 Å². The number of benzene rings is 7. The number of likely N-dealkylation sites (tertiary alicyclic amines) is 7. The van der Waals surface area contributed by atoms with Crippen LogP contribution in [-0.2, 0) is 89.3 Å². The van der Waals surface area contributed by atoms with Gasteiger partial charge in [0.1, 0.15) is 34.5 Å². The molecule has 7 aromatic rings. The SMILES string of the molecule is [2H]C([2H])([2H])N1CC[C@@]23CCCCC2[C@@H]1Cc1ccc(OC)cc13.[2H]C([2H])([2H])Oc1ccc2c(c1)[C@]13CCCCC1[C@H](C2)N(C)CC3.[2H]C([2H])([2H])Oc1ccc2c(c1)[C@]13CCCCC1[C@H](C2)N(C)CC3.[2H]C([2H])N1CC[C@@]23CCCCC2[C@@H]1Cc1ccc(OC)cc13.[2H]C([2H])Oc1ccc2c(c1)[C@]13CCCCC1[C@H](C2)N(C)CC3.[2H]CCc1ccc2c(c1)[C@]13CCCCC1[C@H](C2)N(C)CC3.[2H]CN1CC[C@@]23CCCCC2[C@@H]1Cc1ccc(OC)cc13. The predicted molar refractivity (Wildman–Crippen MR) is 572 cm³/mol. The van der Waals surface area contributed by atoms with Crippen molar-refractivity contribution in [2.45, 2.75) is 363 Å². The van der Waals surface area contributed by atoms with Crippen molar-refractivity contribution in [3.05, 3.63) is 211 Å². The summed E-state index contributed by atoms with van der Waals surface area (Å²) < 4.78 is 146. The number of likely N-dealkylation sites (N-methyl/N-ethyl adjacent to an activating group) is 7. The summed E-state index contributed by atoms with van der Waals surface area (Å²) in [6.45, 7) is 5.14. The highest BCUT2D eigenvalue weighted by atomic mass is 16.5. The summed E-state index contributed by atoms with van der Waals surface area (Å²) in [5, 5.41) is 0. The minimum absolute atomic E-state index is 0.164. The molecule has 14 bridgehead atoms. The van der Waals surface area contributed by atoms with E-state index in [1.165, 1.54) is 292 Å². The molecule has 0 N–H and O–H groups in total. The van der Waals surface area contributed by atoms with Crippen molar-refractivity contribution in [1.29, 1.82) is 0 Å². The van der Waals surface area contributed by atoms with Crippen LogP contribution >= 0.6 is 0 Å². The third kappa shape index (κ3) is 16.7. The first-order valence-corrected chi connectivity index (χ1v) is 56.0. The van der Waals surface area contributed by atoms with Gasteiger partial charge in [0.15, 0.2) is 0 Å². The van der Waals surface area contributed by atoms with Crippen molar-refractivity contribution < 1.29 is 49.0 Å². The lowest BCUT2D eigenvalue weighted by molar-refractivity contribution is 0.00272. The van der Waals surface area contributed by atoms with Gasteiger partial charge in [-0.05, 0) is 479 Å². The zero-order valence-electron chi connectivity index (χ0n) is 101. The van der Waals surface area contributed by atoms with Crippen LogP contribution in [0.25, 0.3) is 0 Å². The second-order valence-electron chi connectivity index (χ2n) is 48.5. The van der Waals surface area contributed by atoms with Gasteiger partial charge in [-0.15, -0.1) is 0 Å². The average molecular weight is 1910 g/mol. The number of rotatable bonds is 7. The molecule has 0 spiro atoms.